The lowest BCUT2D eigenvalue weighted by atomic mass is 9.98. The second kappa shape index (κ2) is 5.69. The first-order valence-electron chi connectivity index (χ1n) is 6.16. The van der Waals surface area contributed by atoms with Crippen LogP contribution in [-0.4, -0.2) is 10.9 Å². The third-order valence-electron chi connectivity index (χ3n) is 3.30. The summed E-state index contributed by atoms with van der Waals surface area (Å²) >= 11 is 0. The highest BCUT2D eigenvalue weighted by Crippen LogP contribution is 2.14. The first-order chi connectivity index (χ1) is 7.88. The maximum atomic E-state index is 8.90. The van der Waals surface area contributed by atoms with Crippen LogP contribution in [0.25, 0.3) is 0 Å². The molecular weight excluding hydrogens is 198 g/mol. The fourth-order valence-electron chi connectivity index (χ4n) is 2.22. The van der Waals surface area contributed by atoms with E-state index in [0.29, 0.717) is 0 Å². The normalized spacial score (nSPS) is 20.4. The summed E-state index contributed by atoms with van der Waals surface area (Å²) < 4.78 is 0. The number of oxime groups is 1. The predicted molar refractivity (Wildman–Crippen MR) is 66.2 cm³/mol. The lowest BCUT2D eigenvalue weighted by Gasteiger charge is -2.09. The Kier molecular flexibility index (Phi) is 3.97. The monoisotopic (exact) mass is 217 g/mol. The molecule has 0 fully saturated rings. The molecule has 2 heteroatoms. The van der Waals surface area contributed by atoms with Crippen molar-refractivity contribution in [1.29, 1.82) is 0 Å². The van der Waals surface area contributed by atoms with E-state index in [1.54, 1.807) is 0 Å². The maximum absolute atomic E-state index is 8.90. The van der Waals surface area contributed by atoms with E-state index in [0.717, 1.165) is 31.4 Å². The van der Waals surface area contributed by atoms with E-state index in [1.807, 2.05) is 0 Å². The van der Waals surface area contributed by atoms with Crippen LogP contribution in [0.4, 0.5) is 0 Å². The molecule has 1 aromatic carbocycles. The van der Waals surface area contributed by atoms with Crippen molar-refractivity contribution >= 4 is 5.71 Å². The number of hydrogen-bond donors (Lipinski definition) is 1. The van der Waals surface area contributed by atoms with E-state index in [1.165, 1.54) is 30.4 Å². The van der Waals surface area contributed by atoms with Crippen LogP contribution >= 0.6 is 0 Å². The molecule has 0 heterocycles. The zero-order chi connectivity index (χ0) is 11.2. The molecular formula is C14H19NO. The number of nitrogens with zero attached hydrogens (tertiary/aromatic N) is 1. The quantitative estimate of drug-likeness (QED) is 0.523. The number of benzene rings is 1. The molecule has 16 heavy (non-hydrogen) atoms. The van der Waals surface area contributed by atoms with Crippen molar-refractivity contribution in [2.45, 2.75) is 44.9 Å². The molecule has 0 amide bonds. The molecule has 1 N–H and O–H groups in total. The highest BCUT2D eigenvalue weighted by Gasteiger charge is 2.04. The van der Waals surface area contributed by atoms with Gasteiger partial charge in [-0.25, -0.2) is 0 Å². The van der Waals surface area contributed by atoms with Crippen LogP contribution in [0, 0.1) is 0 Å². The van der Waals surface area contributed by atoms with Gasteiger partial charge in [0.25, 0.3) is 0 Å². The van der Waals surface area contributed by atoms with Crippen LogP contribution in [-0.2, 0) is 12.8 Å². The molecule has 0 saturated heterocycles. The number of fused-ring (bicyclic) bond motifs is 9. The van der Waals surface area contributed by atoms with E-state index >= 15 is 0 Å². The van der Waals surface area contributed by atoms with Gasteiger partial charge in [0.1, 0.15) is 0 Å². The highest BCUT2D eigenvalue weighted by molar-refractivity contribution is 5.84. The van der Waals surface area contributed by atoms with Crippen LogP contribution in [0.5, 0.6) is 0 Å². The Morgan fingerprint density at radius 2 is 1.38 bits per heavy atom. The summed E-state index contributed by atoms with van der Waals surface area (Å²) in [5, 5.41) is 12.3. The average Bonchev–Trinajstić information content (AvgIpc) is 2.31. The summed E-state index contributed by atoms with van der Waals surface area (Å²) in [6.45, 7) is 0. The van der Waals surface area contributed by atoms with Crippen LogP contribution < -0.4 is 0 Å². The zero-order valence-corrected chi connectivity index (χ0v) is 9.65. The molecule has 2 nitrogen and oxygen atoms in total. The van der Waals surface area contributed by atoms with Gasteiger partial charge in [-0.05, 0) is 49.7 Å². The SMILES string of the molecule is ON=C1CCCCCc2ccc(cc2)CC1. The van der Waals surface area contributed by atoms with Gasteiger partial charge in [-0.3, -0.25) is 0 Å². The Hall–Kier alpha value is -1.31. The van der Waals surface area contributed by atoms with Crippen LogP contribution in [0.1, 0.15) is 43.2 Å². The molecule has 0 aliphatic heterocycles. The summed E-state index contributed by atoms with van der Waals surface area (Å²) in [5.74, 6) is 0. The smallest absolute Gasteiger partial charge is 0.0574 e. The molecule has 3 rings (SSSR count). The van der Waals surface area contributed by atoms with Gasteiger partial charge in [-0.15, -0.1) is 0 Å². The van der Waals surface area contributed by atoms with Crippen molar-refractivity contribution in [2.75, 3.05) is 0 Å². The minimum atomic E-state index is 0.885. The molecule has 1 aromatic rings. The Balaban J connectivity index is 2.10. The van der Waals surface area contributed by atoms with Crippen molar-refractivity contribution in [2.24, 2.45) is 5.16 Å². The van der Waals surface area contributed by atoms with Gasteiger partial charge in [0.2, 0.25) is 0 Å². The molecule has 2 aliphatic carbocycles. The van der Waals surface area contributed by atoms with E-state index in [2.05, 4.69) is 29.4 Å². The van der Waals surface area contributed by atoms with E-state index in [-0.39, 0.29) is 0 Å². The van der Waals surface area contributed by atoms with Crippen molar-refractivity contribution in [3.63, 3.8) is 0 Å². The molecule has 0 aromatic heterocycles. The minimum Gasteiger partial charge on any atom is -0.411 e. The largest absolute Gasteiger partial charge is 0.411 e. The predicted octanol–water partition coefficient (Wildman–Crippen LogP) is 3.57. The number of aryl methyl sites for hydroxylation is 2. The van der Waals surface area contributed by atoms with Crippen LogP contribution in [0.2, 0.25) is 0 Å². The molecule has 0 atom stereocenters. The second-order valence-electron chi connectivity index (χ2n) is 4.54. The lowest BCUT2D eigenvalue weighted by Crippen LogP contribution is -2.02. The Morgan fingerprint density at radius 3 is 2.06 bits per heavy atom. The van der Waals surface area contributed by atoms with Gasteiger partial charge >= 0.3 is 0 Å². The topological polar surface area (TPSA) is 32.6 Å². The third-order valence-corrected chi connectivity index (χ3v) is 3.30. The zero-order valence-electron chi connectivity index (χ0n) is 9.65. The Morgan fingerprint density at radius 1 is 0.750 bits per heavy atom. The van der Waals surface area contributed by atoms with E-state index in [9.17, 15) is 0 Å². The van der Waals surface area contributed by atoms with Crippen molar-refractivity contribution < 1.29 is 5.21 Å². The first kappa shape index (κ1) is 11.2. The van der Waals surface area contributed by atoms with E-state index < -0.39 is 0 Å². The highest BCUT2D eigenvalue weighted by atomic mass is 16.4. The lowest BCUT2D eigenvalue weighted by molar-refractivity contribution is 0.315. The molecule has 2 bridgehead atoms. The third kappa shape index (κ3) is 3.09. The summed E-state index contributed by atoms with van der Waals surface area (Å²) in [7, 11) is 0. The Bertz CT molecular complexity index is 354. The van der Waals surface area contributed by atoms with Crippen molar-refractivity contribution in [3.8, 4) is 0 Å². The van der Waals surface area contributed by atoms with Crippen molar-refractivity contribution in [1.82, 2.24) is 0 Å². The molecule has 86 valence electrons. The van der Waals surface area contributed by atoms with Gasteiger partial charge < -0.3 is 5.21 Å². The molecule has 0 spiro atoms. The van der Waals surface area contributed by atoms with Crippen LogP contribution in [0.3, 0.4) is 0 Å². The van der Waals surface area contributed by atoms with Gasteiger partial charge in [0.15, 0.2) is 0 Å². The minimum absolute atomic E-state index is 0.885. The summed E-state index contributed by atoms with van der Waals surface area (Å²) in [6, 6.07) is 8.86. The second-order valence-corrected chi connectivity index (χ2v) is 4.54. The molecule has 0 saturated carbocycles. The van der Waals surface area contributed by atoms with Gasteiger partial charge in [0, 0.05) is 0 Å². The molecule has 0 radical (unpaired) electrons. The van der Waals surface area contributed by atoms with Gasteiger partial charge in [-0.2, -0.15) is 0 Å². The van der Waals surface area contributed by atoms with Gasteiger partial charge in [-0.1, -0.05) is 35.8 Å². The number of rotatable bonds is 0. The standard InChI is InChI=1S/C14H19NO/c16-15-14-5-3-1-2-4-12-6-8-13(9-7-12)10-11-14/h6-9,16H,1-5,10-11H2. The summed E-state index contributed by atoms with van der Waals surface area (Å²) in [6.07, 6.45) is 7.60. The fourth-order valence-corrected chi connectivity index (χ4v) is 2.22. The fraction of sp³-hybridized carbons (Fsp3) is 0.500. The number of hydrogen-bond acceptors (Lipinski definition) is 2. The Labute approximate surface area is 97.0 Å². The molecule has 0 unspecified atom stereocenters. The first-order valence-corrected chi connectivity index (χ1v) is 6.16. The summed E-state index contributed by atoms with van der Waals surface area (Å²) in [4.78, 5) is 0. The van der Waals surface area contributed by atoms with Crippen molar-refractivity contribution in [3.05, 3.63) is 35.4 Å². The molecule has 2 aliphatic rings. The average molecular weight is 217 g/mol. The maximum Gasteiger partial charge on any atom is 0.0574 e. The summed E-state index contributed by atoms with van der Waals surface area (Å²) in [5.41, 5.74) is 3.73. The van der Waals surface area contributed by atoms with Gasteiger partial charge in [0.05, 0.1) is 5.71 Å². The van der Waals surface area contributed by atoms with E-state index in [4.69, 9.17) is 5.21 Å². The van der Waals surface area contributed by atoms with Crippen LogP contribution in [0.15, 0.2) is 29.4 Å².